The number of benzene rings is 1. The second-order valence-corrected chi connectivity index (χ2v) is 5.15. The Balaban J connectivity index is 2.57. The highest BCUT2D eigenvalue weighted by Gasteiger charge is 2.05. The van der Waals surface area contributed by atoms with Gasteiger partial charge in [0.25, 0.3) is 0 Å². The minimum atomic E-state index is -0.117. The van der Waals surface area contributed by atoms with Gasteiger partial charge in [-0.1, -0.05) is 26.8 Å². The molecule has 1 N–H and O–H groups in total. The third-order valence-electron chi connectivity index (χ3n) is 2.17. The second-order valence-electron chi connectivity index (χ2n) is 5.15. The molecule has 3 heteroatoms. The topological polar surface area (TPSA) is 38.3 Å². The Morgan fingerprint density at radius 2 is 1.89 bits per heavy atom. The van der Waals surface area contributed by atoms with Crippen LogP contribution in [0.25, 0.3) is 0 Å². The Bertz CT molecular complexity index is 413. The molecule has 0 bridgehead atoms. The van der Waals surface area contributed by atoms with Crippen molar-refractivity contribution in [2.24, 2.45) is 5.41 Å². The molecule has 3 nitrogen and oxygen atoms in total. The van der Waals surface area contributed by atoms with Crippen molar-refractivity contribution >= 4 is 11.6 Å². The summed E-state index contributed by atoms with van der Waals surface area (Å²) in [4.78, 5) is 11.6. The molecule has 1 rings (SSSR count). The molecular formula is C15H21NO2. The molecule has 0 saturated heterocycles. The van der Waals surface area contributed by atoms with E-state index in [1.54, 1.807) is 6.08 Å². The van der Waals surface area contributed by atoms with Crippen LogP contribution in [0, 0.1) is 5.41 Å². The van der Waals surface area contributed by atoms with E-state index in [0.29, 0.717) is 6.61 Å². The van der Waals surface area contributed by atoms with Crippen LogP contribution in [0.4, 0.5) is 5.69 Å². The molecule has 0 unspecified atom stereocenters. The first-order chi connectivity index (χ1) is 8.40. The van der Waals surface area contributed by atoms with E-state index < -0.39 is 0 Å². The smallest absolute Gasteiger partial charge is 0.248 e. The molecule has 98 valence electrons. The summed E-state index contributed by atoms with van der Waals surface area (Å²) in [5, 5.41) is 2.80. The highest BCUT2D eigenvalue weighted by atomic mass is 16.5. The number of nitrogens with one attached hydrogen (secondary N) is 1. The number of carbonyl (C=O) groups excluding carboxylic acids is 1. The van der Waals surface area contributed by atoms with Gasteiger partial charge in [0, 0.05) is 5.69 Å². The molecule has 0 spiro atoms. The van der Waals surface area contributed by atoms with Gasteiger partial charge in [-0.3, -0.25) is 4.79 Å². The molecule has 1 amide bonds. The van der Waals surface area contributed by atoms with E-state index in [1.165, 1.54) is 0 Å². The number of amides is 1. The Kier molecular flexibility index (Phi) is 4.95. The van der Waals surface area contributed by atoms with Crippen molar-refractivity contribution in [3.8, 4) is 5.75 Å². The van der Waals surface area contributed by atoms with Gasteiger partial charge in [0.05, 0.1) is 6.61 Å². The lowest BCUT2D eigenvalue weighted by Gasteiger charge is -2.11. The lowest BCUT2D eigenvalue weighted by atomic mass is 9.96. The van der Waals surface area contributed by atoms with Gasteiger partial charge in [-0.15, -0.1) is 0 Å². The molecule has 0 fully saturated rings. The number of hydrogen-bond donors (Lipinski definition) is 1. The summed E-state index contributed by atoms with van der Waals surface area (Å²) < 4.78 is 5.33. The zero-order chi connectivity index (χ0) is 13.6. The molecule has 0 heterocycles. The molecule has 18 heavy (non-hydrogen) atoms. The van der Waals surface area contributed by atoms with Gasteiger partial charge < -0.3 is 10.1 Å². The lowest BCUT2D eigenvalue weighted by Crippen LogP contribution is -2.09. The summed E-state index contributed by atoms with van der Waals surface area (Å²) >= 11 is 0. The molecule has 0 aliphatic rings. The molecule has 1 aromatic carbocycles. The maximum absolute atomic E-state index is 11.6. The van der Waals surface area contributed by atoms with Gasteiger partial charge in [-0.05, 0) is 42.7 Å². The van der Waals surface area contributed by atoms with Crippen molar-refractivity contribution in [2.45, 2.75) is 27.7 Å². The quantitative estimate of drug-likeness (QED) is 0.825. The van der Waals surface area contributed by atoms with Crippen molar-refractivity contribution < 1.29 is 9.53 Å². The lowest BCUT2D eigenvalue weighted by molar-refractivity contribution is -0.112. The maximum atomic E-state index is 11.6. The predicted molar refractivity (Wildman–Crippen MR) is 74.8 cm³/mol. The number of ether oxygens (including phenoxy) is 1. The number of rotatable bonds is 4. The van der Waals surface area contributed by atoms with Crippen LogP contribution in [0.5, 0.6) is 5.75 Å². The molecule has 1 aromatic rings. The predicted octanol–water partition coefficient (Wildman–Crippen LogP) is 3.63. The van der Waals surface area contributed by atoms with E-state index in [-0.39, 0.29) is 11.3 Å². The van der Waals surface area contributed by atoms with Crippen molar-refractivity contribution in [1.82, 2.24) is 0 Å². The second kappa shape index (κ2) is 6.24. The van der Waals surface area contributed by atoms with E-state index in [9.17, 15) is 4.79 Å². The van der Waals surface area contributed by atoms with Crippen LogP contribution in [0.15, 0.2) is 36.4 Å². The van der Waals surface area contributed by atoms with Gasteiger partial charge >= 0.3 is 0 Å². The fraction of sp³-hybridized carbons (Fsp3) is 0.400. The van der Waals surface area contributed by atoms with E-state index in [0.717, 1.165) is 11.4 Å². The van der Waals surface area contributed by atoms with Gasteiger partial charge in [-0.25, -0.2) is 0 Å². The Morgan fingerprint density at radius 3 is 2.39 bits per heavy atom. The van der Waals surface area contributed by atoms with Crippen LogP contribution in [0.3, 0.4) is 0 Å². The van der Waals surface area contributed by atoms with Crippen LogP contribution in [0.1, 0.15) is 27.7 Å². The minimum Gasteiger partial charge on any atom is -0.494 e. The number of allylic oxidation sites excluding steroid dienone is 1. The Hall–Kier alpha value is -1.77. The van der Waals surface area contributed by atoms with Crippen molar-refractivity contribution in [3.63, 3.8) is 0 Å². The third kappa shape index (κ3) is 5.53. The monoisotopic (exact) mass is 247 g/mol. The zero-order valence-corrected chi connectivity index (χ0v) is 11.5. The average molecular weight is 247 g/mol. The minimum absolute atomic E-state index is 0.0101. The third-order valence-corrected chi connectivity index (χ3v) is 2.17. The Morgan fingerprint density at radius 1 is 1.28 bits per heavy atom. The van der Waals surface area contributed by atoms with Crippen LogP contribution < -0.4 is 10.1 Å². The summed E-state index contributed by atoms with van der Waals surface area (Å²) in [6, 6.07) is 7.33. The van der Waals surface area contributed by atoms with E-state index >= 15 is 0 Å². The maximum Gasteiger partial charge on any atom is 0.248 e. The summed E-state index contributed by atoms with van der Waals surface area (Å²) in [6.45, 7) is 8.72. The van der Waals surface area contributed by atoms with Gasteiger partial charge in [0.2, 0.25) is 5.91 Å². The van der Waals surface area contributed by atoms with Crippen LogP contribution in [-0.2, 0) is 4.79 Å². The molecule has 0 aliphatic carbocycles. The van der Waals surface area contributed by atoms with Crippen molar-refractivity contribution in [3.05, 3.63) is 36.4 Å². The standard InChI is InChI=1S/C15H21NO2/c1-5-18-13-8-6-12(7-9-13)16-14(17)10-11-15(2,3)4/h6-11H,5H2,1-4H3,(H,16,17)/b11-10+. The number of carbonyl (C=O) groups is 1. The summed E-state index contributed by atoms with van der Waals surface area (Å²) in [7, 11) is 0. The Labute approximate surface area is 109 Å². The molecule has 0 aromatic heterocycles. The van der Waals surface area contributed by atoms with Gasteiger partial charge in [0.1, 0.15) is 5.75 Å². The number of hydrogen-bond acceptors (Lipinski definition) is 2. The summed E-state index contributed by atoms with van der Waals surface area (Å²) in [5.41, 5.74) is 0.776. The first-order valence-corrected chi connectivity index (χ1v) is 6.14. The normalized spacial score (nSPS) is 11.6. The molecule has 0 saturated carbocycles. The van der Waals surface area contributed by atoms with Crippen LogP contribution in [-0.4, -0.2) is 12.5 Å². The van der Waals surface area contributed by atoms with Crippen molar-refractivity contribution in [1.29, 1.82) is 0 Å². The SMILES string of the molecule is CCOc1ccc(NC(=O)/C=C/C(C)(C)C)cc1. The molecule has 0 atom stereocenters. The van der Waals surface area contributed by atoms with E-state index in [1.807, 2.05) is 58.0 Å². The first-order valence-electron chi connectivity index (χ1n) is 6.14. The fourth-order valence-electron chi connectivity index (χ4n) is 1.31. The highest BCUT2D eigenvalue weighted by molar-refractivity contribution is 5.99. The van der Waals surface area contributed by atoms with E-state index in [2.05, 4.69) is 5.32 Å². The van der Waals surface area contributed by atoms with Crippen molar-refractivity contribution in [2.75, 3.05) is 11.9 Å². The summed E-state index contributed by atoms with van der Waals surface area (Å²) in [5.74, 6) is 0.690. The fourth-order valence-corrected chi connectivity index (χ4v) is 1.31. The van der Waals surface area contributed by atoms with Gasteiger partial charge in [-0.2, -0.15) is 0 Å². The summed E-state index contributed by atoms with van der Waals surface area (Å²) in [6.07, 6.45) is 3.45. The zero-order valence-electron chi connectivity index (χ0n) is 11.5. The molecular weight excluding hydrogens is 226 g/mol. The number of anilines is 1. The van der Waals surface area contributed by atoms with Crippen LogP contribution in [0.2, 0.25) is 0 Å². The first kappa shape index (κ1) is 14.3. The average Bonchev–Trinajstić information content (AvgIpc) is 2.29. The van der Waals surface area contributed by atoms with Crippen LogP contribution >= 0.6 is 0 Å². The molecule has 0 aliphatic heterocycles. The largest absolute Gasteiger partial charge is 0.494 e. The highest BCUT2D eigenvalue weighted by Crippen LogP contribution is 2.17. The van der Waals surface area contributed by atoms with Gasteiger partial charge in [0.15, 0.2) is 0 Å². The van der Waals surface area contributed by atoms with E-state index in [4.69, 9.17) is 4.74 Å². The molecule has 0 radical (unpaired) electrons.